The van der Waals surface area contributed by atoms with Crippen LogP contribution in [0.3, 0.4) is 0 Å². The van der Waals surface area contributed by atoms with Gasteiger partial charge in [0.1, 0.15) is 12.4 Å². The van der Waals surface area contributed by atoms with Crippen LogP contribution in [0.15, 0.2) is 53.0 Å². The molecule has 1 unspecified atom stereocenters. The number of aliphatic hydroxyl groups is 1. The number of methoxy groups -OCH3 is 1. The van der Waals surface area contributed by atoms with E-state index in [9.17, 15) is 5.11 Å². The van der Waals surface area contributed by atoms with Gasteiger partial charge in [-0.25, -0.2) is 0 Å². The van der Waals surface area contributed by atoms with Gasteiger partial charge in [-0.2, -0.15) is 0 Å². The van der Waals surface area contributed by atoms with Crippen molar-refractivity contribution in [2.45, 2.75) is 12.5 Å². The Labute approximate surface area is 133 Å². The summed E-state index contributed by atoms with van der Waals surface area (Å²) in [6, 6.07) is 15.5. The molecule has 2 rings (SSSR count). The van der Waals surface area contributed by atoms with Gasteiger partial charge in [-0.15, -0.1) is 0 Å². The highest BCUT2D eigenvalue weighted by atomic mass is 79.9. The molecule has 1 N–H and O–H groups in total. The van der Waals surface area contributed by atoms with Gasteiger partial charge in [-0.1, -0.05) is 52.3 Å². The lowest BCUT2D eigenvalue weighted by Crippen LogP contribution is -2.09. The largest absolute Gasteiger partial charge is 0.491 e. The summed E-state index contributed by atoms with van der Waals surface area (Å²) in [5.41, 5.74) is 1.86. The molecule has 1 atom stereocenters. The predicted molar refractivity (Wildman–Crippen MR) is 86.6 cm³/mol. The van der Waals surface area contributed by atoms with Gasteiger partial charge >= 0.3 is 0 Å². The Kier molecular flexibility index (Phi) is 6.23. The van der Waals surface area contributed by atoms with Crippen LogP contribution in [0.1, 0.15) is 17.2 Å². The summed E-state index contributed by atoms with van der Waals surface area (Å²) in [5.74, 6) is 0.703. The number of halogens is 1. The van der Waals surface area contributed by atoms with Crippen LogP contribution >= 0.6 is 15.9 Å². The molecule has 2 aromatic carbocycles. The summed E-state index contributed by atoms with van der Waals surface area (Å²) in [7, 11) is 1.64. The molecule has 3 nitrogen and oxygen atoms in total. The maximum Gasteiger partial charge on any atom is 0.125 e. The zero-order valence-electron chi connectivity index (χ0n) is 12.0. The van der Waals surface area contributed by atoms with Gasteiger partial charge in [0.05, 0.1) is 12.7 Å². The molecule has 0 radical (unpaired) electrons. The summed E-state index contributed by atoms with van der Waals surface area (Å²) in [6.07, 6.45) is -0.0750. The number of hydrogen-bond donors (Lipinski definition) is 1. The van der Waals surface area contributed by atoms with Gasteiger partial charge in [0.2, 0.25) is 0 Å². The normalized spacial score (nSPS) is 12.1. The number of aliphatic hydroxyl groups excluding tert-OH is 1. The summed E-state index contributed by atoms with van der Waals surface area (Å²) in [4.78, 5) is 0. The summed E-state index contributed by atoms with van der Waals surface area (Å²) in [6.45, 7) is 0.990. The number of rotatable bonds is 7. The minimum atomic E-state index is -0.609. The van der Waals surface area contributed by atoms with Crippen molar-refractivity contribution in [1.82, 2.24) is 0 Å². The first-order valence-electron chi connectivity index (χ1n) is 6.84. The highest BCUT2D eigenvalue weighted by molar-refractivity contribution is 9.10. The first kappa shape index (κ1) is 16.0. The molecule has 0 saturated heterocycles. The fourth-order valence-electron chi connectivity index (χ4n) is 2.10. The standard InChI is InChI=1S/C17H19BrO3/c1-20-10-11-21-17-9-5-3-7-14(17)16(19)12-13-6-2-4-8-15(13)18/h2-9,16,19H,10-12H2,1H3. The molecule has 0 heterocycles. The smallest absolute Gasteiger partial charge is 0.125 e. The Bertz CT molecular complexity index is 571. The van der Waals surface area contributed by atoms with Crippen molar-refractivity contribution in [1.29, 1.82) is 0 Å². The highest BCUT2D eigenvalue weighted by Crippen LogP contribution is 2.29. The molecule has 2 aromatic rings. The third-order valence-electron chi connectivity index (χ3n) is 3.19. The van der Waals surface area contributed by atoms with E-state index in [0.717, 1.165) is 15.6 Å². The van der Waals surface area contributed by atoms with Crippen molar-refractivity contribution in [2.75, 3.05) is 20.3 Å². The fourth-order valence-corrected chi connectivity index (χ4v) is 2.55. The third kappa shape index (κ3) is 4.56. The Morgan fingerprint density at radius 2 is 1.76 bits per heavy atom. The van der Waals surface area contributed by atoms with Crippen molar-refractivity contribution in [3.05, 3.63) is 64.1 Å². The second-order valence-corrected chi connectivity index (χ2v) is 5.54. The zero-order chi connectivity index (χ0) is 15.1. The minimum Gasteiger partial charge on any atom is -0.491 e. The third-order valence-corrected chi connectivity index (χ3v) is 3.97. The Morgan fingerprint density at radius 1 is 1.05 bits per heavy atom. The Morgan fingerprint density at radius 3 is 2.52 bits per heavy atom. The lowest BCUT2D eigenvalue weighted by atomic mass is 10.0. The van der Waals surface area contributed by atoms with Crippen molar-refractivity contribution in [3.8, 4) is 5.75 Å². The van der Waals surface area contributed by atoms with E-state index in [1.165, 1.54) is 0 Å². The maximum absolute atomic E-state index is 10.5. The van der Waals surface area contributed by atoms with Crippen molar-refractivity contribution in [2.24, 2.45) is 0 Å². The van der Waals surface area contributed by atoms with Crippen LogP contribution in [0.25, 0.3) is 0 Å². The van der Waals surface area contributed by atoms with Crippen LogP contribution in [0.5, 0.6) is 5.75 Å². The van der Waals surface area contributed by atoms with Gasteiger partial charge in [0.15, 0.2) is 0 Å². The van der Waals surface area contributed by atoms with E-state index in [0.29, 0.717) is 25.4 Å². The number of ether oxygens (including phenoxy) is 2. The van der Waals surface area contributed by atoms with Crippen molar-refractivity contribution >= 4 is 15.9 Å². The highest BCUT2D eigenvalue weighted by Gasteiger charge is 2.15. The van der Waals surface area contributed by atoms with E-state index >= 15 is 0 Å². The molecule has 0 fully saturated rings. The maximum atomic E-state index is 10.5. The van der Waals surface area contributed by atoms with Crippen LogP contribution < -0.4 is 4.74 Å². The molecule has 0 spiro atoms. The first-order chi connectivity index (χ1) is 10.2. The van der Waals surface area contributed by atoms with Crippen LogP contribution in [0, 0.1) is 0 Å². The Balaban J connectivity index is 2.11. The molecule has 4 heteroatoms. The molecule has 0 aliphatic heterocycles. The average molecular weight is 351 g/mol. The second-order valence-electron chi connectivity index (χ2n) is 4.69. The number of hydrogen-bond acceptors (Lipinski definition) is 3. The molecule has 0 aliphatic rings. The van der Waals surface area contributed by atoms with Crippen LogP contribution in [-0.4, -0.2) is 25.4 Å². The van der Waals surface area contributed by atoms with Crippen LogP contribution in [0.2, 0.25) is 0 Å². The minimum absolute atomic E-state index is 0.468. The molecular formula is C17H19BrO3. The Hall–Kier alpha value is -1.36. The summed E-state index contributed by atoms with van der Waals surface area (Å²) >= 11 is 3.51. The first-order valence-corrected chi connectivity index (χ1v) is 7.64. The second kappa shape index (κ2) is 8.17. The van der Waals surface area contributed by atoms with Gasteiger partial charge < -0.3 is 14.6 Å². The predicted octanol–water partition coefficient (Wildman–Crippen LogP) is 3.75. The molecule has 0 bridgehead atoms. The summed E-state index contributed by atoms with van der Waals surface area (Å²) in [5, 5.41) is 10.5. The van der Waals surface area contributed by atoms with E-state index < -0.39 is 6.10 Å². The van der Waals surface area contributed by atoms with E-state index in [1.807, 2.05) is 48.5 Å². The average Bonchev–Trinajstić information content (AvgIpc) is 2.50. The SMILES string of the molecule is COCCOc1ccccc1C(O)Cc1ccccc1Br. The zero-order valence-corrected chi connectivity index (χ0v) is 13.5. The molecule has 0 saturated carbocycles. The fraction of sp³-hybridized carbons (Fsp3) is 0.294. The molecule has 0 aliphatic carbocycles. The quantitative estimate of drug-likeness (QED) is 0.773. The molecule has 0 amide bonds. The molecular weight excluding hydrogens is 332 g/mol. The number of benzene rings is 2. The monoisotopic (exact) mass is 350 g/mol. The van der Waals surface area contributed by atoms with Crippen LogP contribution in [-0.2, 0) is 11.2 Å². The van der Waals surface area contributed by atoms with E-state index in [-0.39, 0.29) is 0 Å². The lowest BCUT2D eigenvalue weighted by molar-refractivity contribution is 0.138. The van der Waals surface area contributed by atoms with E-state index in [1.54, 1.807) is 7.11 Å². The molecule has 21 heavy (non-hydrogen) atoms. The van der Waals surface area contributed by atoms with Gasteiger partial charge in [-0.3, -0.25) is 0 Å². The van der Waals surface area contributed by atoms with Crippen molar-refractivity contribution < 1.29 is 14.6 Å². The van der Waals surface area contributed by atoms with E-state index in [2.05, 4.69) is 15.9 Å². The lowest BCUT2D eigenvalue weighted by Gasteiger charge is -2.16. The topological polar surface area (TPSA) is 38.7 Å². The number of para-hydroxylation sites is 1. The molecule has 0 aromatic heterocycles. The van der Waals surface area contributed by atoms with Crippen molar-refractivity contribution in [3.63, 3.8) is 0 Å². The van der Waals surface area contributed by atoms with Gasteiger partial charge in [0, 0.05) is 23.6 Å². The molecule has 112 valence electrons. The van der Waals surface area contributed by atoms with Gasteiger partial charge in [0.25, 0.3) is 0 Å². The van der Waals surface area contributed by atoms with E-state index in [4.69, 9.17) is 9.47 Å². The van der Waals surface area contributed by atoms with Crippen LogP contribution in [0.4, 0.5) is 0 Å². The summed E-state index contributed by atoms with van der Waals surface area (Å²) < 4.78 is 11.7. The van der Waals surface area contributed by atoms with Gasteiger partial charge in [-0.05, 0) is 17.7 Å².